The SMILES string of the molecule is O=C(c1occc1-c1ccccc1)N1CC(O)C(O)C1. The summed E-state index contributed by atoms with van der Waals surface area (Å²) >= 11 is 0. The number of amides is 1. The molecule has 2 aromatic rings. The maximum atomic E-state index is 12.4. The highest BCUT2D eigenvalue weighted by atomic mass is 16.3. The third-order valence-corrected chi connectivity index (χ3v) is 3.49. The molecule has 0 saturated carbocycles. The van der Waals surface area contributed by atoms with E-state index in [4.69, 9.17) is 4.42 Å². The quantitative estimate of drug-likeness (QED) is 0.860. The summed E-state index contributed by atoms with van der Waals surface area (Å²) in [5.41, 5.74) is 1.61. The van der Waals surface area contributed by atoms with Crippen molar-refractivity contribution >= 4 is 5.91 Å². The van der Waals surface area contributed by atoms with E-state index in [1.165, 1.54) is 11.2 Å². The fourth-order valence-electron chi connectivity index (χ4n) is 2.40. The molecule has 0 aliphatic carbocycles. The van der Waals surface area contributed by atoms with Gasteiger partial charge in [-0.2, -0.15) is 0 Å². The molecule has 1 aliphatic heterocycles. The first-order valence-corrected chi connectivity index (χ1v) is 6.45. The molecule has 20 heavy (non-hydrogen) atoms. The molecule has 5 heteroatoms. The lowest BCUT2D eigenvalue weighted by Gasteiger charge is -2.14. The Hall–Kier alpha value is -2.11. The fourth-order valence-corrected chi connectivity index (χ4v) is 2.40. The van der Waals surface area contributed by atoms with Crippen molar-refractivity contribution in [1.82, 2.24) is 4.90 Å². The molecule has 104 valence electrons. The zero-order valence-electron chi connectivity index (χ0n) is 10.8. The summed E-state index contributed by atoms with van der Waals surface area (Å²) in [6.45, 7) is 0.240. The van der Waals surface area contributed by atoms with Gasteiger partial charge in [0, 0.05) is 18.7 Å². The first-order valence-electron chi connectivity index (χ1n) is 6.45. The van der Waals surface area contributed by atoms with Crippen LogP contribution in [0.1, 0.15) is 10.6 Å². The minimum atomic E-state index is -0.894. The standard InChI is InChI=1S/C15H15NO4/c17-12-8-16(9-13(12)18)15(19)14-11(6-7-20-14)10-4-2-1-3-5-10/h1-7,12-13,17-18H,8-9H2. The fraction of sp³-hybridized carbons (Fsp3) is 0.267. The second-order valence-corrected chi connectivity index (χ2v) is 4.87. The van der Waals surface area contributed by atoms with E-state index in [9.17, 15) is 15.0 Å². The smallest absolute Gasteiger partial charge is 0.290 e. The van der Waals surface area contributed by atoms with Crippen LogP contribution in [0, 0.1) is 0 Å². The van der Waals surface area contributed by atoms with Gasteiger partial charge < -0.3 is 19.5 Å². The van der Waals surface area contributed by atoms with E-state index >= 15 is 0 Å². The lowest BCUT2D eigenvalue weighted by atomic mass is 10.1. The number of β-amino-alcohol motifs (C(OH)–C–C–N with tert-alkyl or cyclic N) is 2. The van der Waals surface area contributed by atoms with Crippen molar-refractivity contribution < 1.29 is 19.4 Å². The van der Waals surface area contributed by atoms with E-state index in [1.807, 2.05) is 30.3 Å². The highest BCUT2D eigenvalue weighted by molar-refractivity contribution is 5.98. The van der Waals surface area contributed by atoms with Crippen LogP contribution in [0.3, 0.4) is 0 Å². The molecule has 1 aliphatic rings. The summed E-state index contributed by atoms with van der Waals surface area (Å²) in [7, 11) is 0. The van der Waals surface area contributed by atoms with Crippen LogP contribution in [0.15, 0.2) is 47.1 Å². The van der Waals surface area contributed by atoms with Gasteiger partial charge in [0.25, 0.3) is 5.91 Å². The summed E-state index contributed by atoms with van der Waals surface area (Å²) in [6, 6.07) is 11.2. The molecule has 1 aromatic carbocycles. The molecule has 0 radical (unpaired) electrons. The Morgan fingerprint density at radius 3 is 2.40 bits per heavy atom. The Labute approximate surface area is 116 Å². The topological polar surface area (TPSA) is 73.9 Å². The van der Waals surface area contributed by atoms with Gasteiger partial charge in [0.05, 0.1) is 18.5 Å². The van der Waals surface area contributed by atoms with Gasteiger partial charge in [0.2, 0.25) is 0 Å². The van der Waals surface area contributed by atoms with Crippen molar-refractivity contribution in [2.45, 2.75) is 12.2 Å². The van der Waals surface area contributed by atoms with E-state index in [-0.39, 0.29) is 24.8 Å². The summed E-state index contributed by atoms with van der Waals surface area (Å²) in [5, 5.41) is 19.1. The van der Waals surface area contributed by atoms with E-state index in [0.717, 1.165) is 5.56 Å². The Kier molecular flexibility index (Phi) is 3.30. The predicted octanol–water partition coefficient (Wildman–Crippen LogP) is 1.12. The van der Waals surface area contributed by atoms with Gasteiger partial charge in [-0.1, -0.05) is 30.3 Å². The first kappa shape index (κ1) is 12.9. The molecule has 1 amide bonds. The summed E-state index contributed by atoms with van der Waals surface area (Å²) < 4.78 is 5.31. The van der Waals surface area contributed by atoms with Gasteiger partial charge in [0.1, 0.15) is 0 Å². The van der Waals surface area contributed by atoms with Crippen LogP contribution >= 0.6 is 0 Å². The van der Waals surface area contributed by atoms with E-state index < -0.39 is 12.2 Å². The molecule has 1 saturated heterocycles. The average molecular weight is 273 g/mol. The molecular formula is C15H15NO4. The lowest BCUT2D eigenvalue weighted by molar-refractivity contribution is 0.0572. The van der Waals surface area contributed by atoms with Gasteiger partial charge in [-0.3, -0.25) is 4.79 Å². The Morgan fingerprint density at radius 1 is 1.10 bits per heavy atom. The Morgan fingerprint density at radius 2 is 1.75 bits per heavy atom. The largest absolute Gasteiger partial charge is 0.459 e. The molecule has 2 unspecified atom stereocenters. The van der Waals surface area contributed by atoms with Crippen LogP contribution in [-0.4, -0.2) is 46.3 Å². The molecule has 2 heterocycles. The van der Waals surface area contributed by atoms with Gasteiger partial charge in [-0.15, -0.1) is 0 Å². The molecular weight excluding hydrogens is 258 g/mol. The summed E-state index contributed by atoms with van der Waals surface area (Å²) in [5.74, 6) is -0.0815. The molecule has 1 aromatic heterocycles. The van der Waals surface area contributed by atoms with E-state index in [2.05, 4.69) is 0 Å². The molecule has 1 fully saturated rings. The number of aliphatic hydroxyl groups is 2. The number of carbonyl (C=O) groups is 1. The predicted molar refractivity (Wildman–Crippen MR) is 72.1 cm³/mol. The van der Waals surface area contributed by atoms with Crippen molar-refractivity contribution in [2.24, 2.45) is 0 Å². The maximum absolute atomic E-state index is 12.4. The average Bonchev–Trinajstić information content (AvgIpc) is 3.07. The number of rotatable bonds is 2. The number of likely N-dealkylation sites (tertiary alicyclic amines) is 1. The van der Waals surface area contributed by atoms with Crippen molar-refractivity contribution in [3.8, 4) is 11.1 Å². The van der Waals surface area contributed by atoms with Crippen molar-refractivity contribution in [3.63, 3.8) is 0 Å². The van der Waals surface area contributed by atoms with Gasteiger partial charge in [0.15, 0.2) is 5.76 Å². The molecule has 0 spiro atoms. The Bertz CT molecular complexity index is 597. The lowest BCUT2D eigenvalue weighted by Crippen LogP contribution is -2.29. The van der Waals surface area contributed by atoms with Gasteiger partial charge in [-0.05, 0) is 11.6 Å². The molecule has 5 nitrogen and oxygen atoms in total. The van der Waals surface area contributed by atoms with E-state index in [1.54, 1.807) is 6.07 Å². The molecule has 2 N–H and O–H groups in total. The van der Waals surface area contributed by atoms with Crippen LogP contribution in [0.4, 0.5) is 0 Å². The van der Waals surface area contributed by atoms with Gasteiger partial charge >= 0.3 is 0 Å². The number of nitrogens with zero attached hydrogens (tertiary/aromatic N) is 1. The second-order valence-electron chi connectivity index (χ2n) is 4.87. The highest BCUT2D eigenvalue weighted by Crippen LogP contribution is 2.26. The number of benzene rings is 1. The first-order chi connectivity index (χ1) is 9.66. The van der Waals surface area contributed by atoms with Crippen molar-refractivity contribution in [1.29, 1.82) is 0 Å². The molecule has 2 atom stereocenters. The molecule has 0 bridgehead atoms. The number of hydrogen-bond acceptors (Lipinski definition) is 4. The minimum absolute atomic E-state index is 0.120. The summed E-state index contributed by atoms with van der Waals surface area (Å²) in [6.07, 6.45) is -0.318. The third-order valence-electron chi connectivity index (χ3n) is 3.49. The second kappa shape index (κ2) is 5.11. The molecule has 3 rings (SSSR count). The number of aliphatic hydroxyl groups excluding tert-OH is 2. The highest BCUT2D eigenvalue weighted by Gasteiger charge is 2.34. The van der Waals surface area contributed by atoms with Crippen LogP contribution in [0.2, 0.25) is 0 Å². The minimum Gasteiger partial charge on any atom is -0.459 e. The summed E-state index contributed by atoms with van der Waals surface area (Å²) in [4.78, 5) is 13.8. The van der Waals surface area contributed by atoms with Crippen molar-refractivity contribution in [2.75, 3.05) is 13.1 Å². The van der Waals surface area contributed by atoms with Crippen LogP contribution < -0.4 is 0 Å². The van der Waals surface area contributed by atoms with Crippen LogP contribution in [-0.2, 0) is 0 Å². The van der Waals surface area contributed by atoms with E-state index in [0.29, 0.717) is 5.56 Å². The van der Waals surface area contributed by atoms with Crippen molar-refractivity contribution in [3.05, 3.63) is 48.4 Å². The number of carbonyl (C=O) groups excluding carboxylic acids is 1. The zero-order chi connectivity index (χ0) is 14.1. The third kappa shape index (κ3) is 2.21. The Balaban J connectivity index is 1.89. The van der Waals surface area contributed by atoms with Gasteiger partial charge in [-0.25, -0.2) is 0 Å². The normalized spacial score (nSPS) is 22.2. The van der Waals surface area contributed by atoms with Crippen LogP contribution in [0.5, 0.6) is 0 Å². The maximum Gasteiger partial charge on any atom is 0.290 e. The number of hydrogen-bond donors (Lipinski definition) is 2. The van der Waals surface area contributed by atoms with Crippen LogP contribution in [0.25, 0.3) is 11.1 Å². The zero-order valence-corrected chi connectivity index (χ0v) is 10.8. The monoisotopic (exact) mass is 273 g/mol. The number of furan rings is 1.